The van der Waals surface area contributed by atoms with Crippen LogP contribution in [0.1, 0.15) is 26.7 Å². The molecule has 0 bridgehead atoms. The molecule has 0 spiro atoms. The molecular formula is C11H23ClN2O2S. The second-order valence-electron chi connectivity index (χ2n) is 4.88. The van der Waals surface area contributed by atoms with Gasteiger partial charge in [0.25, 0.3) is 0 Å². The van der Waals surface area contributed by atoms with Gasteiger partial charge >= 0.3 is 0 Å². The molecule has 0 amide bonds. The van der Waals surface area contributed by atoms with Crippen LogP contribution in [0.15, 0.2) is 0 Å². The van der Waals surface area contributed by atoms with Crippen molar-refractivity contribution in [1.29, 1.82) is 0 Å². The first kappa shape index (κ1) is 15.2. The van der Waals surface area contributed by atoms with E-state index in [-0.39, 0.29) is 17.7 Å². The topological polar surface area (TPSA) is 40.6 Å². The standard InChI is InChI=1S/C11H23ClN2O2S/c1-10(2)14-7-4-11(5-8-14)13(3)17(15,16)9-6-12/h10-11H,4-9H2,1-3H3. The molecular weight excluding hydrogens is 260 g/mol. The maximum atomic E-state index is 11.9. The molecule has 1 aliphatic heterocycles. The third kappa shape index (κ3) is 4.09. The van der Waals surface area contributed by atoms with Gasteiger partial charge in [0, 0.05) is 25.0 Å². The van der Waals surface area contributed by atoms with Crippen molar-refractivity contribution in [2.75, 3.05) is 31.8 Å². The first-order valence-electron chi connectivity index (χ1n) is 6.14. The van der Waals surface area contributed by atoms with Gasteiger partial charge in [0.15, 0.2) is 0 Å². The fraction of sp³-hybridized carbons (Fsp3) is 1.00. The van der Waals surface area contributed by atoms with Crippen LogP contribution >= 0.6 is 11.6 Å². The number of hydrogen-bond acceptors (Lipinski definition) is 3. The largest absolute Gasteiger partial charge is 0.301 e. The van der Waals surface area contributed by atoms with Crippen LogP contribution in [0.4, 0.5) is 0 Å². The average Bonchev–Trinajstić information content (AvgIpc) is 2.28. The number of alkyl halides is 1. The molecule has 1 saturated heterocycles. The predicted molar refractivity (Wildman–Crippen MR) is 72.0 cm³/mol. The zero-order chi connectivity index (χ0) is 13.1. The van der Waals surface area contributed by atoms with Crippen molar-refractivity contribution >= 4 is 21.6 Å². The van der Waals surface area contributed by atoms with Crippen molar-refractivity contribution in [2.45, 2.75) is 38.8 Å². The summed E-state index contributed by atoms with van der Waals surface area (Å²) in [7, 11) is -1.49. The summed E-state index contributed by atoms with van der Waals surface area (Å²) in [4.78, 5) is 2.39. The van der Waals surface area contributed by atoms with Crippen molar-refractivity contribution < 1.29 is 8.42 Å². The van der Waals surface area contributed by atoms with Gasteiger partial charge in [-0.05, 0) is 39.8 Å². The van der Waals surface area contributed by atoms with Crippen molar-refractivity contribution in [3.8, 4) is 0 Å². The van der Waals surface area contributed by atoms with Crippen LogP contribution < -0.4 is 0 Å². The van der Waals surface area contributed by atoms with Gasteiger partial charge in [-0.1, -0.05) is 0 Å². The highest BCUT2D eigenvalue weighted by molar-refractivity contribution is 7.89. The maximum Gasteiger partial charge on any atom is 0.215 e. The van der Waals surface area contributed by atoms with E-state index in [9.17, 15) is 8.42 Å². The molecule has 4 nitrogen and oxygen atoms in total. The molecule has 0 atom stereocenters. The molecule has 1 rings (SSSR count). The summed E-state index contributed by atoms with van der Waals surface area (Å²) in [6.45, 7) is 6.30. The Bertz CT molecular complexity index is 324. The van der Waals surface area contributed by atoms with E-state index in [1.807, 2.05) is 0 Å². The zero-order valence-corrected chi connectivity index (χ0v) is 12.5. The highest BCUT2D eigenvalue weighted by Gasteiger charge is 2.29. The lowest BCUT2D eigenvalue weighted by atomic mass is 10.0. The van der Waals surface area contributed by atoms with E-state index in [0.29, 0.717) is 6.04 Å². The quantitative estimate of drug-likeness (QED) is 0.715. The average molecular weight is 283 g/mol. The van der Waals surface area contributed by atoms with E-state index in [1.165, 1.54) is 4.31 Å². The van der Waals surface area contributed by atoms with Crippen LogP contribution in [0.3, 0.4) is 0 Å². The normalized spacial score (nSPS) is 20.4. The van der Waals surface area contributed by atoms with E-state index in [4.69, 9.17) is 11.6 Å². The number of rotatable bonds is 5. The third-order valence-corrected chi connectivity index (χ3v) is 5.83. The molecule has 1 aliphatic rings. The molecule has 0 unspecified atom stereocenters. The second-order valence-corrected chi connectivity index (χ2v) is 7.41. The van der Waals surface area contributed by atoms with Gasteiger partial charge in [-0.25, -0.2) is 12.7 Å². The van der Waals surface area contributed by atoms with Gasteiger partial charge in [-0.2, -0.15) is 0 Å². The molecule has 0 aliphatic carbocycles. The van der Waals surface area contributed by atoms with Gasteiger partial charge in [-0.3, -0.25) is 0 Å². The smallest absolute Gasteiger partial charge is 0.215 e. The number of halogens is 1. The summed E-state index contributed by atoms with van der Waals surface area (Å²) in [6.07, 6.45) is 1.83. The summed E-state index contributed by atoms with van der Waals surface area (Å²) in [5.74, 6) is 0.201. The first-order chi connectivity index (χ1) is 7.88. The van der Waals surface area contributed by atoms with Crippen LogP contribution in [0, 0.1) is 0 Å². The third-order valence-electron chi connectivity index (χ3n) is 3.52. The van der Waals surface area contributed by atoms with Crippen LogP contribution in [0.2, 0.25) is 0 Å². The molecule has 0 radical (unpaired) electrons. The van der Waals surface area contributed by atoms with Gasteiger partial charge in [-0.15, -0.1) is 11.6 Å². The van der Waals surface area contributed by atoms with Crippen molar-refractivity contribution in [1.82, 2.24) is 9.21 Å². The van der Waals surface area contributed by atoms with Crippen molar-refractivity contribution in [3.05, 3.63) is 0 Å². The summed E-state index contributed by atoms with van der Waals surface area (Å²) >= 11 is 5.52. The van der Waals surface area contributed by atoms with E-state index in [1.54, 1.807) is 7.05 Å². The molecule has 17 heavy (non-hydrogen) atoms. The van der Waals surface area contributed by atoms with Gasteiger partial charge in [0.2, 0.25) is 10.0 Å². The number of piperidine rings is 1. The lowest BCUT2D eigenvalue weighted by molar-refractivity contribution is 0.140. The van der Waals surface area contributed by atoms with Gasteiger partial charge in [0.05, 0.1) is 5.75 Å². The Morgan fingerprint density at radius 2 is 1.88 bits per heavy atom. The zero-order valence-electron chi connectivity index (χ0n) is 10.9. The van der Waals surface area contributed by atoms with Crippen molar-refractivity contribution in [2.24, 2.45) is 0 Å². The number of hydrogen-bond donors (Lipinski definition) is 0. The molecule has 0 aromatic carbocycles. The Balaban J connectivity index is 2.54. The summed E-state index contributed by atoms with van der Waals surface area (Å²) in [5.41, 5.74) is 0. The lowest BCUT2D eigenvalue weighted by Gasteiger charge is -2.37. The van der Waals surface area contributed by atoms with Crippen molar-refractivity contribution in [3.63, 3.8) is 0 Å². The van der Waals surface area contributed by atoms with E-state index >= 15 is 0 Å². The van der Waals surface area contributed by atoms with Crippen LogP contribution in [-0.2, 0) is 10.0 Å². The Morgan fingerprint density at radius 1 is 1.35 bits per heavy atom. The summed E-state index contributed by atoms with van der Waals surface area (Å²) < 4.78 is 25.3. The maximum absolute atomic E-state index is 11.9. The molecule has 0 N–H and O–H groups in total. The van der Waals surface area contributed by atoms with E-state index in [2.05, 4.69) is 18.7 Å². The fourth-order valence-corrected chi connectivity index (χ4v) is 3.97. The minimum absolute atomic E-state index is 0.0372. The Hall–Kier alpha value is 0.160. The molecule has 1 fully saturated rings. The minimum atomic E-state index is -3.16. The minimum Gasteiger partial charge on any atom is -0.301 e. The van der Waals surface area contributed by atoms with Crippen LogP contribution in [0.5, 0.6) is 0 Å². The van der Waals surface area contributed by atoms with Crippen LogP contribution in [0.25, 0.3) is 0 Å². The molecule has 0 aromatic rings. The monoisotopic (exact) mass is 282 g/mol. The predicted octanol–water partition coefficient (Wildman–Crippen LogP) is 1.36. The van der Waals surface area contributed by atoms with Crippen LogP contribution in [-0.4, -0.2) is 61.5 Å². The Kier molecular flexibility index (Phi) is 5.70. The van der Waals surface area contributed by atoms with E-state index in [0.717, 1.165) is 25.9 Å². The highest BCUT2D eigenvalue weighted by atomic mass is 35.5. The molecule has 6 heteroatoms. The number of likely N-dealkylation sites (tertiary alicyclic amines) is 1. The highest BCUT2D eigenvalue weighted by Crippen LogP contribution is 2.19. The summed E-state index contributed by atoms with van der Waals surface area (Å²) in [6, 6.07) is 0.680. The summed E-state index contributed by atoms with van der Waals surface area (Å²) in [5, 5.41) is 0. The molecule has 1 heterocycles. The Labute approximate surface area is 110 Å². The second kappa shape index (κ2) is 6.36. The molecule has 0 aromatic heterocycles. The van der Waals surface area contributed by atoms with Gasteiger partial charge in [0.1, 0.15) is 0 Å². The lowest BCUT2D eigenvalue weighted by Crippen LogP contribution is -2.47. The fourth-order valence-electron chi connectivity index (χ4n) is 2.23. The molecule has 0 saturated carbocycles. The SMILES string of the molecule is CC(C)N1CCC(N(C)S(=O)(=O)CCCl)CC1. The Morgan fingerprint density at radius 3 is 2.29 bits per heavy atom. The molecule has 102 valence electrons. The van der Waals surface area contributed by atoms with Gasteiger partial charge < -0.3 is 4.90 Å². The first-order valence-corrected chi connectivity index (χ1v) is 8.28. The number of nitrogens with zero attached hydrogens (tertiary/aromatic N) is 2. The number of sulfonamides is 1. The van der Waals surface area contributed by atoms with E-state index < -0.39 is 10.0 Å².